The van der Waals surface area contributed by atoms with Gasteiger partial charge >= 0.3 is 0 Å². The Balaban J connectivity index is 1.68. The SMILES string of the molecule is COCCNC(=O)C(NC(=O)c1ccc(OC)cc1)C1CCN(C(=O)c2ccccc2F)CC1. The number of hydrogen-bond donors (Lipinski definition) is 2. The third-order valence-corrected chi connectivity index (χ3v) is 5.93. The molecule has 34 heavy (non-hydrogen) atoms. The third kappa shape index (κ3) is 6.32. The first kappa shape index (κ1) is 25.2. The molecule has 0 spiro atoms. The van der Waals surface area contributed by atoms with E-state index in [4.69, 9.17) is 9.47 Å². The van der Waals surface area contributed by atoms with E-state index < -0.39 is 11.9 Å². The van der Waals surface area contributed by atoms with Crippen molar-refractivity contribution in [1.29, 1.82) is 0 Å². The summed E-state index contributed by atoms with van der Waals surface area (Å²) < 4.78 is 24.2. The molecule has 3 amide bonds. The number of halogens is 1. The summed E-state index contributed by atoms with van der Waals surface area (Å²) in [5.74, 6) is -1.18. The largest absolute Gasteiger partial charge is 0.497 e. The highest BCUT2D eigenvalue weighted by Crippen LogP contribution is 2.24. The Bertz CT molecular complexity index is 990. The molecular formula is C25H30FN3O5. The van der Waals surface area contributed by atoms with Crippen LogP contribution in [0.1, 0.15) is 33.6 Å². The number of carbonyl (C=O) groups is 3. The van der Waals surface area contributed by atoms with Gasteiger partial charge in [0.1, 0.15) is 17.6 Å². The van der Waals surface area contributed by atoms with Gasteiger partial charge in [-0.25, -0.2) is 4.39 Å². The van der Waals surface area contributed by atoms with E-state index in [1.165, 1.54) is 25.3 Å². The van der Waals surface area contributed by atoms with E-state index in [0.29, 0.717) is 50.4 Å². The number of rotatable bonds is 9. The Labute approximate surface area is 198 Å². The third-order valence-electron chi connectivity index (χ3n) is 5.93. The monoisotopic (exact) mass is 471 g/mol. The highest BCUT2D eigenvalue weighted by atomic mass is 19.1. The molecule has 0 bridgehead atoms. The van der Waals surface area contributed by atoms with Crippen molar-refractivity contribution in [2.24, 2.45) is 5.92 Å². The molecule has 1 aliphatic heterocycles. The minimum atomic E-state index is -0.780. The Kier molecular flexibility index (Phi) is 8.98. The number of nitrogens with one attached hydrogen (secondary N) is 2. The van der Waals surface area contributed by atoms with Crippen LogP contribution in [0.25, 0.3) is 0 Å². The molecule has 0 saturated carbocycles. The van der Waals surface area contributed by atoms with Crippen LogP contribution in [0.3, 0.4) is 0 Å². The van der Waals surface area contributed by atoms with Crippen molar-refractivity contribution in [2.75, 3.05) is 40.5 Å². The molecule has 1 atom stereocenters. The first-order valence-corrected chi connectivity index (χ1v) is 11.2. The topological polar surface area (TPSA) is 97.0 Å². The Hall–Kier alpha value is -3.46. The summed E-state index contributed by atoms with van der Waals surface area (Å²) in [7, 11) is 3.08. The predicted octanol–water partition coefficient (Wildman–Crippen LogP) is 2.25. The average Bonchev–Trinajstić information content (AvgIpc) is 2.87. The summed E-state index contributed by atoms with van der Waals surface area (Å²) in [5.41, 5.74) is 0.435. The van der Waals surface area contributed by atoms with Crippen LogP contribution < -0.4 is 15.4 Å². The highest BCUT2D eigenvalue weighted by Gasteiger charge is 2.34. The molecular weight excluding hydrogens is 441 g/mol. The van der Waals surface area contributed by atoms with E-state index in [1.807, 2.05) is 0 Å². The normalized spacial score (nSPS) is 14.9. The molecule has 3 rings (SSSR count). The maximum atomic E-state index is 14.0. The van der Waals surface area contributed by atoms with Crippen LogP contribution in [0.5, 0.6) is 5.75 Å². The number of methoxy groups -OCH3 is 2. The first-order chi connectivity index (χ1) is 16.4. The van der Waals surface area contributed by atoms with Gasteiger partial charge in [0, 0.05) is 32.3 Å². The van der Waals surface area contributed by atoms with Gasteiger partial charge in [-0.05, 0) is 55.2 Å². The predicted molar refractivity (Wildman–Crippen MR) is 124 cm³/mol. The molecule has 1 aliphatic rings. The summed E-state index contributed by atoms with van der Waals surface area (Å²) in [5, 5.41) is 5.65. The van der Waals surface area contributed by atoms with Crippen molar-refractivity contribution >= 4 is 17.7 Å². The van der Waals surface area contributed by atoms with E-state index in [1.54, 1.807) is 42.3 Å². The summed E-state index contributed by atoms with van der Waals surface area (Å²) >= 11 is 0. The lowest BCUT2D eigenvalue weighted by Crippen LogP contribution is -2.54. The van der Waals surface area contributed by atoms with Crippen molar-refractivity contribution in [2.45, 2.75) is 18.9 Å². The molecule has 1 saturated heterocycles. The maximum Gasteiger partial charge on any atom is 0.256 e. The van der Waals surface area contributed by atoms with Gasteiger partial charge in [0.05, 0.1) is 19.3 Å². The van der Waals surface area contributed by atoms with E-state index in [2.05, 4.69) is 10.6 Å². The van der Waals surface area contributed by atoms with Gasteiger partial charge in [-0.3, -0.25) is 14.4 Å². The Morgan fingerprint density at radius 3 is 2.35 bits per heavy atom. The van der Waals surface area contributed by atoms with Gasteiger partial charge in [0.2, 0.25) is 5.91 Å². The standard InChI is InChI=1S/C25H30FN3O5/c1-33-16-13-27-24(31)22(28-23(30)18-7-9-19(34-2)10-8-18)17-11-14-29(15-12-17)25(32)20-5-3-4-6-21(20)26/h3-10,17,22H,11-16H2,1-2H3,(H,27,31)(H,28,30). The molecule has 182 valence electrons. The molecule has 8 nitrogen and oxygen atoms in total. The lowest BCUT2D eigenvalue weighted by Gasteiger charge is -2.36. The van der Waals surface area contributed by atoms with Gasteiger partial charge < -0.3 is 25.0 Å². The molecule has 0 radical (unpaired) electrons. The van der Waals surface area contributed by atoms with Crippen LogP contribution in [0.2, 0.25) is 0 Å². The summed E-state index contributed by atoms with van der Waals surface area (Å²) in [4.78, 5) is 40.1. The molecule has 1 fully saturated rings. The fourth-order valence-corrected chi connectivity index (χ4v) is 3.99. The van der Waals surface area contributed by atoms with E-state index >= 15 is 0 Å². The molecule has 2 N–H and O–H groups in total. The number of hydrogen-bond acceptors (Lipinski definition) is 5. The molecule has 1 heterocycles. The van der Waals surface area contributed by atoms with Crippen molar-refractivity contribution in [3.63, 3.8) is 0 Å². The Morgan fingerprint density at radius 1 is 1.06 bits per heavy atom. The molecule has 0 aromatic heterocycles. The minimum Gasteiger partial charge on any atom is -0.497 e. The zero-order valence-electron chi connectivity index (χ0n) is 19.4. The van der Waals surface area contributed by atoms with Crippen LogP contribution in [-0.2, 0) is 9.53 Å². The number of amides is 3. The number of carbonyl (C=O) groups excluding carboxylic acids is 3. The molecule has 2 aromatic rings. The summed E-state index contributed by atoms with van der Waals surface area (Å²) in [6, 6.07) is 11.7. The van der Waals surface area contributed by atoms with E-state index in [-0.39, 0.29) is 29.2 Å². The maximum absolute atomic E-state index is 14.0. The lowest BCUT2D eigenvalue weighted by atomic mass is 9.88. The van der Waals surface area contributed by atoms with Gasteiger partial charge in [0.25, 0.3) is 11.8 Å². The summed E-state index contributed by atoms with van der Waals surface area (Å²) in [6.45, 7) is 1.38. The van der Waals surface area contributed by atoms with Gasteiger partial charge in [-0.15, -0.1) is 0 Å². The molecule has 1 unspecified atom stereocenters. The smallest absolute Gasteiger partial charge is 0.256 e. The number of piperidine rings is 1. The molecule has 0 aliphatic carbocycles. The molecule has 2 aromatic carbocycles. The summed E-state index contributed by atoms with van der Waals surface area (Å²) in [6.07, 6.45) is 0.983. The van der Waals surface area contributed by atoms with Crippen LogP contribution in [0.15, 0.2) is 48.5 Å². The van der Waals surface area contributed by atoms with Crippen molar-refractivity contribution in [3.05, 3.63) is 65.5 Å². The van der Waals surface area contributed by atoms with E-state index in [0.717, 1.165) is 0 Å². The van der Waals surface area contributed by atoms with Gasteiger partial charge in [-0.2, -0.15) is 0 Å². The van der Waals surface area contributed by atoms with Crippen LogP contribution in [-0.4, -0.2) is 69.1 Å². The second-order valence-corrected chi connectivity index (χ2v) is 8.07. The van der Waals surface area contributed by atoms with Gasteiger partial charge in [0.15, 0.2) is 0 Å². The quantitative estimate of drug-likeness (QED) is 0.547. The average molecular weight is 472 g/mol. The number of nitrogens with zero attached hydrogens (tertiary/aromatic N) is 1. The zero-order chi connectivity index (χ0) is 24.5. The zero-order valence-corrected chi connectivity index (χ0v) is 19.4. The van der Waals surface area contributed by atoms with Crippen LogP contribution in [0, 0.1) is 11.7 Å². The molecule has 9 heteroatoms. The first-order valence-electron chi connectivity index (χ1n) is 11.2. The number of likely N-dealkylation sites (tertiary alicyclic amines) is 1. The lowest BCUT2D eigenvalue weighted by molar-refractivity contribution is -0.124. The second kappa shape index (κ2) is 12.1. The minimum absolute atomic E-state index is 0.0302. The van der Waals surface area contributed by atoms with Gasteiger partial charge in [-0.1, -0.05) is 12.1 Å². The van der Waals surface area contributed by atoms with Crippen molar-refractivity contribution in [3.8, 4) is 5.75 Å². The highest BCUT2D eigenvalue weighted by molar-refractivity contribution is 5.98. The number of benzene rings is 2. The number of ether oxygens (including phenoxy) is 2. The fraction of sp³-hybridized carbons (Fsp3) is 0.400. The van der Waals surface area contributed by atoms with E-state index in [9.17, 15) is 18.8 Å². The van der Waals surface area contributed by atoms with Crippen LogP contribution in [0.4, 0.5) is 4.39 Å². The fourth-order valence-electron chi connectivity index (χ4n) is 3.99. The Morgan fingerprint density at radius 2 is 1.74 bits per heavy atom. The second-order valence-electron chi connectivity index (χ2n) is 8.07. The van der Waals surface area contributed by atoms with Crippen molar-refractivity contribution in [1.82, 2.24) is 15.5 Å². The van der Waals surface area contributed by atoms with Crippen molar-refractivity contribution < 1.29 is 28.2 Å². The van der Waals surface area contributed by atoms with Crippen LogP contribution >= 0.6 is 0 Å².